The van der Waals surface area contributed by atoms with E-state index in [2.05, 4.69) is 5.32 Å². The molecule has 1 aromatic carbocycles. The smallest absolute Gasteiger partial charge is 0.292 e. The number of nitrogens with one attached hydrogen (secondary N) is 1. The second-order valence-corrected chi connectivity index (χ2v) is 3.83. The maximum Gasteiger partial charge on any atom is 0.292 e. The van der Waals surface area contributed by atoms with Gasteiger partial charge in [0.25, 0.3) is 5.69 Å². The summed E-state index contributed by atoms with van der Waals surface area (Å²) >= 11 is 0. The first-order valence-electron chi connectivity index (χ1n) is 5.35. The number of nitro groups is 1. The Labute approximate surface area is 93.6 Å². The van der Waals surface area contributed by atoms with Crippen molar-refractivity contribution >= 4 is 11.4 Å². The predicted molar refractivity (Wildman–Crippen MR) is 60.6 cm³/mol. The molecule has 16 heavy (non-hydrogen) atoms. The molecule has 86 valence electrons. The Morgan fingerprint density at radius 2 is 2.25 bits per heavy atom. The van der Waals surface area contributed by atoms with Gasteiger partial charge in [0.15, 0.2) is 0 Å². The van der Waals surface area contributed by atoms with E-state index < -0.39 is 0 Å². The number of benzene rings is 1. The quantitative estimate of drug-likeness (QED) is 0.629. The summed E-state index contributed by atoms with van der Waals surface area (Å²) in [5, 5.41) is 14.0. The summed E-state index contributed by atoms with van der Waals surface area (Å²) in [4.78, 5) is 10.4. The van der Waals surface area contributed by atoms with E-state index in [1.165, 1.54) is 6.07 Å². The number of nitrogens with zero attached hydrogens (tertiary/aromatic N) is 1. The van der Waals surface area contributed by atoms with Gasteiger partial charge in [-0.05, 0) is 18.9 Å². The van der Waals surface area contributed by atoms with Gasteiger partial charge >= 0.3 is 0 Å². The predicted octanol–water partition coefficient (Wildman–Crippen LogP) is 2.19. The van der Waals surface area contributed by atoms with Gasteiger partial charge in [0, 0.05) is 18.7 Å². The van der Waals surface area contributed by atoms with E-state index in [0.717, 1.165) is 19.4 Å². The average molecular weight is 222 g/mol. The molecular formula is C11H14N2O3. The third-order valence-electron chi connectivity index (χ3n) is 2.62. The van der Waals surface area contributed by atoms with Crippen molar-refractivity contribution in [1.82, 2.24) is 0 Å². The van der Waals surface area contributed by atoms with Crippen LogP contribution in [-0.2, 0) is 4.74 Å². The molecule has 0 amide bonds. The van der Waals surface area contributed by atoms with Crippen LogP contribution < -0.4 is 5.32 Å². The van der Waals surface area contributed by atoms with Gasteiger partial charge in [-0.2, -0.15) is 0 Å². The van der Waals surface area contributed by atoms with E-state index in [1.807, 2.05) is 0 Å². The molecule has 0 spiro atoms. The van der Waals surface area contributed by atoms with Crippen LogP contribution in [0.15, 0.2) is 24.3 Å². The topological polar surface area (TPSA) is 64.4 Å². The minimum absolute atomic E-state index is 0.119. The lowest BCUT2D eigenvalue weighted by Gasteiger charge is -2.23. The number of rotatable bonds is 3. The van der Waals surface area contributed by atoms with Crippen LogP contribution >= 0.6 is 0 Å². The van der Waals surface area contributed by atoms with Gasteiger partial charge in [-0.15, -0.1) is 0 Å². The molecule has 0 radical (unpaired) electrons. The van der Waals surface area contributed by atoms with E-state index in [9.17, 15) is 10.1 Å². The monoisotopic (exact) mass is 222 g/mol. The fourth-order valence-corrected chi connectivity index (χ4v) is 1.83. The Hall–Kier alpha value is -1.62. The second kappa shape index (κ2) is 4.94. The van der Waals surface area contributed by atoms with Crippen LogP contribution in [0.2, 0.25) is 0 Å². The van der Waals surface area contributed by atoms with E-state index in [1.54, 1.807) is 18.2 Å². The summed E-state index contributed by atoms with van der Waals surface area (Å²) in [6, 6.07) is 6.87. The SMILES string of the molecule is O=[N+]([O-])c1ccccc1N[C@@H]1CCCOC1. The van der Waals surface area contributed by atoms with E-state index in [4.69, 9.17) is 4.74 Å². The third-order valence-corrected chi connectivity index (χ3v) is 2.62. The normalized spacial score (nSPS) is 20.4. The molecule has 1 aliphatic rings. The highest BCUT2D eigenvalue weighted by molar-refractivity contribution is 5.61. The van der Waals surface area contributed by atoms with Crippen molar-refractivity contribution in [2.75, 3.05) is 18.5 Å². The summed E-state index contributed by atoms with van der Waals surface area (Å²) in [6.07, 6.45) is 1.99. The lowest BCUT2D eigenvalue weighted by atomic mass is 10.1. The molecule has 0 bridgehead atoms. The molecule has 1 aliphatic heterocycles. The Morgan fingerprint density at radius 1 is 1.44 bits per heavy atom. The molecule has 1 fully saturated rings. The first-order chi connectivity index (χ1) is 7.77. The summed E-state index contributed by atoms with van der Waals surface area (Å²) in [6.45, 7) is 1.40. The fourth-order valence-electron chi connectivity index (χ4n) is 1.83. The Morgan fingerprint density at radius 3 is 2.94 bits per heavy atom. The summed E-state index contributed by atoms with van der Waals surface area (Å²) in [5.41, 5.74) is 0.691. The van der Waals surface area contributed by atoms with Crippen LogP contribution in [0, 0.1) is 10.1 Å². The van der Waals surface area contributed by atoms with Crippen LogP contribution in [-0.4, -0.2) is 24.2 Å². The van der Waals surface area contributed by atoms with Crippen molar-refractivity contribution in [3.63, 3.8) is 0 Å². The Kier molecular flexibility index (Phi) is 3.36. The molecule has 1 atom stereocenters. The third kappa shape index (κ3) is 2.49. The molecule has 0 unspecified atom stereocenters. The standard InChI is InChI=1S/C11H14N2O3/c14-13(15)11-6-2-1-5-10(11)12-9-4-3-7-16-8-9/h1-2,5-6,9,12H,3-4,7-8H2/t9-/m1/s1. The van der Waals surface area contributed by atoms with Gasteiger partial charge in [-0.1, -0.05) is 12.1 Å². The van der Waals surface area contributed by atoms with Crippen molar-refractivity contribution in [2.45, 2.75) is 18.9 Å². The number of hydrogen-bond acceptors (Lipinski definition) is 4. The van der Waals surface area contributed by atoms with Gasteiger partial charge in [-0.3, -0.25) is 10.1 Å². The van der Waals surface area contributed by atoms with Gasteiger partial charge in [0.05, 0.1) is 11.5 Å². The maximum atomic E-state index is 10.8. The molecule has 0 aliphatic carbocycles. The molecule has 5 heteroatoms. The van der Waals surface area contributed by atoms with E-state index in [0.29, 0.717) is 12.3 Å². The van der Waals surface area contributed by atoms with Crippen molar-refractivity contribution < 1.29 is 9.66 Å². The lowest BCUT2D eigenvalue weighted by Crippen LogP contribution is -2.30. The molecular weight excluding hydrogens is 208 g/mol. The van der Waals surface area contributed by atoms with Crippen LogP contribution in [0.5, 0.6) is 0 Å². The van der Waals surface area contributed by atoms with E-state index >= 15 is 0 Å². The van der Waals surface area contributed by atoms with Crippen LogP contribution in [0.1, 0.15) is 12.8 Å². The molecule has 5 nitrogen and oxygen atoms in total. The van der Waals surface area contributed by atoms with Crippen LogP contribution in [0.3, 0.4) is 0 Å². The van der Waals surface area contributed by atoms with Crippen molar-refractivity contribution in [1.29, 1.82) is 0 Å². The molecule has 1 heterocycles. The van der Waals surface area contributed by atoms with Gasteiger partial charge in [-0.25, -0.2) is 0 Å². The number of nitro benzene ring substituents is 1. The first kappa shape index (κ1) is 10.9. The highest BCUT2D eigenvalue weighted by Gasteiger charge is 2.18. The minimum atomic E-state index is -0.369. The zero-order chi connectivity index (χ0) is 11.4. The number of hydrogen-bond donors (Lipinski definition) is 1. The maximum absolute atomic E-state index is 10.8. The fraction of sp³-hybridized carbons (Fsp3) is 0.455. The van der Waals surface area contributed by atoms with Gasteiger partial charge < -0.3 is 10.1 Å². The molecule has 0 aromatic heterocycles. The number of para-hydroxylation sites is 2. The number of ether oxygens (including phenoxy) is 1. The lowest BCUT2D eigenvalue weighted by molar-refractivity contribution is -0.384. The van der Waals surface area contributed by atoms with Gasteiger partial charge in [0.2, 0.25) is 0 Å². The zero-order valence-electron chi connectivity index (χ0n) is 8.89. The summed E-state index contributed by atoms with van der Waals surface area (Å²) in [5.74, 6) is 0. The van der Waals surface area contributed by atoms with Gasteiger partial charge in [0.1, 0.15) is 5.69 Å². The Balaban J connectivity index is 2.10. The summed E-state index contributed by atoms with van der Waals surface area (Å²) in [7, 11) is 0. The molecule has 2 rings (SSSR count). The summed E-state index contributed by atoms with van der Waals surface area (Å²) < 4.78 is 5.32. The van der Waals surface area contributed by atoms with Crippen molar-refractivity contribution in [3.05, 3.63) is 34.4 Å². The molecule has 0 saturated carbocycles. The van der Waals surface area contributed by atoms with Crippen LogP contribution in [0.25, 0.3) is 0 Å². The Bertz CT molecular complexity index is 375. The average Bonchev–Trinajstić information content (AvgIpc) is 2.31. The molecule has 1 N–H and O–H groups in total. The van der Waals surface area contributed by atoms with E-state index in [-0.39, 0.29) is 16.7 Å². The first-order valence-corrected chi connectivity index (χ1v) is 5.35. The highest BCUT2D eigenvalue weighted by atomic mass is 16.6. The van der Waals surface area contributed by atoms with Crippen LogP contribution in [0.4, 0.5) is 11.4 Å². The van der Waals surface area contributed by atoms with Crippen molar-refractivity contribution in [3.8, 4) is 0 Å². The second-order valence-electron chi connectivity index (χ2n) is 3.83. The van der Waals surface area contributed by atoms with Crippen molar-refractivity contribution in [2.24, 2.45) is 0 Å². The minimum Gasteiger partial charge on any atom is -0.379 e. The molecule has 1 saturated heterocycles. The highest BCUT2D eigenvalue weighted by Crippen LogP contribution is 2.25. The zero-order valence-corrected chi connectivity index (χ0v) is 8.89. The molecule has 1 aromatic rings. The number of anilines is 1. The largest absolute Gasteiger partial charge is 0.379 e.